The van der Waals surface area contributed by atoms with Crippen molar-refractivity contribution in [2.75, 3.05) is 13.2 Å². The van der Waals surface area contributed by atoms with E-state index in [9.17, 15) is 4.79 Å². The van der Waals surface area contributed by atoms with Crippen LogP contribution in [0.25, 0.3) is 0 Å². The molecule has 21 heavy (non-hydrogen) atoms. The molecule has 2 aromatic rings. The third-order valence-electron chi connectivity index (χ3n) is 3.05. The zero-order valence-electron chi connectivity index (χ0n) is 12.2. The van der Waals surface area contributed by atoms with Crippen LogP contribution < -0.4 is 9.47 Å². The Hall–Kier alpha value is -2.29. The summed E-state index contributed by atoms with van der Waals surface area (Å²) in [6.45, 7) is 3.05. The van der Waals surface area contributed by atoms with E-state index in [2.05, 4.69) is 0 Å². The van der Waals surface area contributed by atoms with Crippen molar-refractivity contribution < 1.29 is 14.3 Å². The minimum atomic E-state index is 0.150. The van der Waals surface area contributed by atoms with Crippen molar-refractivity contribution in [1.29, 1.82) is 0 Å². The second kappa shape index (κ2) is 8.10. The average molecular weight is 284 g/mol. The monoisotopic (exact) mass is 284 g/mol. The SMILES string of the molecule is CCOc1ccccc1OCCCC(=O)c1ccccc1. The van der Waals surface area contributed by atoms with E-state index in [-0.39, 0.29) is 5.78 Å². The van der Waals surface area contributed by atoms with Gasteiger partial charge in [0, 0.05) is 12.0 Å². The van der Waals surface area contributed by atoms with Gasteiger partial charge in [-0.2, -0.15) is 0 Å². The lowest BCUT2D eigenvalue weighted by atomic mass is 10.1. The summed E-state index contributed by atoms with van der Waals surface area (Å²) in [6, 6.07) is 16.9. The van der Waals surface area contributed by atoms with Crippen molar-refractivity contribution in [2.24, 2.45) is 0 Å². The highest BCUT2D eigenvalue weighted by Crippen LogP contribution is 2.26. The number of hydrogen-bond acceptors (Lipinski definition) is 3. The van der Waals surface area contributed by atoms with Crippen LogP contribution in [0.5, 0.6) is 11.5 Å². The van der Waals surface area contributed by atoms with Crippen LogP contribution in [0, 0.1) is 0 Å². The molecule has 3 nitrogen and oxygen atoms in total. The molecular formula is C18H20O3. The molecule has 0 N–H and O–H groups in total. The van der Waals surface area contributed by atoms with Gasteiger partial charge in [0.25, 0.3) is 0 Å². The summed E-state index contributed by atoms with van der Waals surface area (Å²) in [5, 5.41) is 0. The molecule has 0 saturated carbocycles. The van der Waals surface area contributed by atoms with E-state index in [1.54, 1.807) is 0 Å². The molecule has 0 heterocycles. The molecular weight excluding hydrogens is 264 g/mol. The van der Waals surface area contributed by atoms with Gasteiger partial charge in [0.15, 0.2) is 17.3 Å². The molecule has 0 fully saturated rings. The lowest BCUT2D eigenvalue weighted by Gasteiger charge is -2.11. The van der Waals surface area contributed by atoms with Crippen molar-refractivity contribution in [2.45, 2.75) is 19.8 Å². The Morgan fingerprint density at radius 2 is 1.52 bits per heavy atom. The van der Waals surface area contributed by atoms with E-state index >= 15 is 0 Å². The van der Waals surface area contributed by atoms with Gasteiger partial charge in [0.1, 0.15) is 0 Å². The molecule has 3 heteroatoms. The van der Waals surface area contributed by atoms with E-state index in [0.29, 0.717) is 26.1 Å². The fraction of sp³-hybridized carbons (Fsp3) is 0.278. The molecule has 2 rings (SSSR count). The standard InChI is InChI=1S/C18H20O3/c1-2-20-17-12-6-7-13-18(17)21-14-8-11-16(19)15-9-4-3-5-10-15/h3-7,9-10,12-13H,2,8,11,14H2,1H3. The minimum Gasteiger partial charge on any atom is -0.490 e. The smallest absolute Gasteiger partial charge is 0.163 e. The quantitative estimate of drug-likeness (QED) is 0.540. The Kier molecular flexibility index (Phi) is 5.83. The van der Waals surface area contributed by atoms with Gasteiger partial charge in [0.2, 0.25) is 0 Å². The summed E-state index contributed by atoms with van der Waals surface area (Å²) in [4.78, 5) is 11.9. The number of para-hydroxylation sites is 2. The Balaban J connectivity index is 1.79. The first-order valence-corrected chi connectivity index (χ1v) is 7.24. The topological polar surface area (TPSA) is 35.5 Å². The lowest BCUT2D eigenvalue weighted by molar-refractivity contribution is 0.0973. The maximum absolute atomic E-state index is 11.9. The van der Waals surface area contributed by atoms with Gasteiger partial charge in [0.05, 0.1) is 13.2 Å². The fourth-order valence-corrected chi connectivity index (χ4v) is 2.03. The third-order valence-corrected chi connectivity index (χ3v) is 3.05. The van der Waals surface area contributed by atoms with Gasteiger partial charge < -0.3 is 9.47 Å². The van der Waals surface area contributed by atoms with Crippen molar-refractivity contribution in [3.63, 3.8) is 0 Å². The predicted octanol–water partition coefficient (Wildman–Crippen LogP) is 4.13. The van der Waals surface area contributed by atoms with Gasteiger partial charge in [-0.05, 0) is 25.5 Å². The first-order chi connectivity index (χ1) is 10.3. The average Bonchev–Trinajstić information content (AvgIpc) is 2.54. The number of ketones is 1. The van der Waals surface area contributed by atoms with Gasteiger partial charge in [-0.3, -0.25) is 4.79 Å². The number of hydrogen-bond donors (Lipinski definition) is 0. The molecule has 0 amide bonds. The molecule has 110 valence electrons. The van der Waals surface area contributed by atoms with Crippen LogP contribution in [-0.4, -0.2) is 19.0 Å². The maximum Gasteiger partial charge on any atom is 0.163 e. The van der Waals surface area contributed by atoms with Gasteiger partial charge >= 0.3 is 0 Å². The van der Waals surface area contributed by atoms with E-state index in [0.717, 1.165) is 17.1 Å². The summed E-state index contributed by atoms with van der Waals surface area (Å²) in [5.41, 5.74) is 0.757. The van der Waals surface area contributed by atoms with Crippen LogP contribution in [0.2, 0.25) is 0 Å². The summed E-state index contributed by atoms with van der Waals surface area (Å²) in [7, 11) is 0. The molecule has 2 aromatic carbocycles. The van der Waals surface area contributed by atoms with Crippen LogP contribution >= 0.6 is 0 Å². The summed E-state index contributed by atoms with van der Waals surface area (Å²) in [5.74, 6) is 1.62. The van der Waals surface area contributed by atoms with E-state index < -0.39 is 0 Å². The van der Waals surface area contributed by atoms with E-state index in [4.69, 9.17) is 9.47 Å². The molecule has 0 radical (unpaired) electrons. The second-order valence-electron chi connectivity index (χ2n) is 4.62. The number of carbonyl (C=O) groups is 1. The van der Waals surface area contributed by atoms with Crippen LogP contribution in [0.1, 0.15) is 30.1 Å². The molecule has 0 unspecified atom stereocenters. The summed E-state index contributed by atoms with van der Waals surface area (Å²) >= 11 is 0. The Morgan fingerprint density at radius 3 is 2.19 bits per heavy atom. The van der Waals surface area contributed by atoms with Crippen LogP contribution in [0.4, 0.5) is 0 Å². The molecule has 0 atom stereocenters. The molecule has 0 aromatic heterocycles. The van der Waals surface area contributed by atoms with Gasteiger partial charge in [-0.15, -0.1) is 0 Å². The first kappa shape index (κ1) is 15.1. The summed E-state index contributed by atoms with van der Waals surface area (Å²) < 4.78 is 11.2. The Labute approximate surface area is 125 Å². The van der Waals surface area contributed by atoms with Crippen molar-refractivity contribution in [1.82, 2.24) is 0 Å². The second-order valence-corrected chi connectivity index (χ2v) is 4.62. The highest BCUT2D eigenvalue weighted by Gasteiger charge is 2.06. The van der Waals surface area contributed by atoms with Gasteiger partial charge in [-0.25, -0.2) is 0 Å². The fourth-order valence-electron chi connectivity index (χ4n) is 2.03. The van der Waals surface area contributed by atoms with Crippen molar-refractivity contribution in [3.8, 4) is 11.5 Å². The highest BCUT2D eigenvalue weighted by atomic mass is 16.5. The molecule has 0 spiro atoms. The van der Waals surface area contributed by atoms with Crippen LogP contribution in [0.3, 0.4) is 0 Å². The zero-order valence-corrected chi connectivity index (χ0v) is 12.2. The van der Waals surface area contributed by atoms with Crippen molar-refractivity contribution >= 4 is 5.78 Å². The predicted molar refractivity (Wildman–Crippen MR) is 83.1 cm³/mol. The number of rotatable bonds is 8. The van der Waals surface area contributed by atoms with Crippen LogP contribution in [-0.2, 0) is 0 Å². The first-order valence-electron chi connectivity index (χ1n) is 7.24. The van der Waals surface area contributed by atoms with Crippen LogP contribution in [0.15, 0.2) is 54.6 Å². The number of ether oxygens (including phenoxy) is 2. The molecule has 0 aliphatic heterocycles. The van der Waals surface area contributed by atoms with E-state index in [1.807, 2.05) is 61.5 Å². The summed E-state index contributed by atoms with van der Waals surface area (Å²) in [6.07, 6.45) is 1.18. The molecule has 0 bridgehead atoms. The maximum atomic E-state index is 11.9. The Bertz CT molecular complexity index is 564. The molecule has 0 saturated heterocycles. The van der Waals surface area contributed by atoms with Gasteiger partial charge in [-0.1, -0.05) is 42.5 Å². The molecule has 0 aliphatic rings. The van der Waals surface area contributed by atoms with Crippen molar-refractivity contribution in [3.05, 3.63) is 60.2 Å². The third kappa shape index (κ3) is 4.63. The number of benzene rings is 2. The minimum absolute atomic E-state index is 0.150. The van der Waals surface area contributed by atoms with E-state index in [1.165, 1.54) is 0 Å². The Morgan fingerprint density at radius 1 is 0.905 bits per heavy atom. The number of Topliss-reactive ketones (excluding diaryl/α,β-unsaturated/α-hetero) is 1. The lowest BCUT2D eigenvalue weighted by Crippen LogP contribution is -2.04. The number of carbonyl (C=O) groups excluding carboxylic acids is 1. The molecule has 0 aliphatic carbocycles. The normalized spacial score (nSPS) is 10.1. The largest absolute Gasteiger partial charge is 0.490 e. The zero-order chi connectivity index (χ0) is 14.9. The highest BCUT2D eigenvalue weighted by molar-refractivity contribution is 5.95.